The zero-order valence-corrected chi connectivity index (χ0v) is 9.93. The van der Waals surface area contributed by atoms with Gasteiger partial charge in [0.25, 0.3) is 0 Å². The lowest BCUT2D eigenvalue weighted by atomic mass is 10.0. The van der Waals surface area contributed by atoms with E-state index in [9.17, 15) is 13.2 Å². The van der Waals surface area contributed by atoms with Crippen molar-refractivity contribution in [2.24, 2.45) is 0 Å². The maximum absolute atomic E-state index is 12.9. The molecule has 0 atom stereocenters. The molecule has 0 aliphatic carbocycles. The summed E-state index contributed by atoms with van der Waals surface area (Å²) in [5, 5.41) is 9.48. The Kier molecular flexibility index (Phi) is 3.34. The van der Waals surface area contributed by atoms with Crippen LogP contribution >= 0.6 is 0 Å². The van der Waals surface area contributed by atoms with Crippen LogP contribution < -0.4 is 0 Å². The van der Waals surface area contributed by atoms with Gasteiger partial charge < -0.3 is 10.1 Å². The number of aliphatic hydroxyl groups excluding tert-OH is 1. The molecular formula is C13H14F3NO. The summed E-state index contributed by atoms with van der Waals surface area (Å²) in [4.78, 5) is 2.47. The first-order valence-corrected chi connectivity index (χ1v) is 5.79. The predicted molar refractivity (Wildman–Crippen MR) is 63.5 cm³/mol. The van der Waals surface area contributed by atoms with Crippen LogP contribution in [0.4, 0.5) is 13.2 Å². The SMILES string of the molecule is CCc1cccc2c(CCO)c(C(F)(F)F)[nH]c12. The molecule has 98 valence electrons. The van der Waals surface area contributed by atoms with E-state index in [1.54, 1.807) is 12.1 Å². The van der Waals surface area contributed by atoms with Gasteiger partial charge in [0.1, 0.15) is 5.69 Å². The molecule has 2 rings (SSSR count). The summed E-state index contributed by atoms with van der Waals surface area (Å²) >= 11 is 0. The van der Waals surface area contributed by atoms with E-state index in [1.165, 1.54) is 0 Å². The standard InChI is InChI=1S/C13H14F3NO/c1-2-8-4-3-5-9-10(6-7-18)12(13(14,15)16)17-11(8)9/h3-5,17-18H,2,6-7H2,1H3. The van der Waals surface area contributed by atoms with E-state index in [2.05, 4.69) is 4.98 Å². The summed E-state index contributed by atoms with van der Waals surface area (Å²) in [6.07, 6.45) is -3.76. The fourth-order valence-electron chi connectivity index (χ4n) is 2.24. The van der Waals surface area contributed by atoms with Gasteiger partial charge in [-0.2, -0.15) is 13.2 Å². The van der Waals surface area contributed by atoms with E-state index in [1.807, 2.05) is 13.0 Å². The van der Waals surface area contributed by atoms with Crippen molar-refractivity contribution in [2.75, 3.05) is 6.61 Å². The smallest absolute Gasteiger partial charge is 0.396 e. The molecule has 0 fully saturated rings. The molecule has 0 aliphatic rings. The highest BCUT2D eigenvalue weighted by molar-refractivity contribution is 5.87. The summed E-state index contributed by atoms with van der Waals surface area (Å²) in [5.41, 5.74) is 0.778. The molecule has 0 radical (unpaired) electrons. The van der Waals surface area contributed by atoms with Gasteiger partial charge in [-0.15, -0.1) is 0 Å². The van der Waals surface area contributed by atoms with E-state index < -0.39 is 11.9 Å². The Morgan fingerprint density at radius 2 is 2.00 bits per heavy atom. The largest absolute Gasteiger partial charge is 0.431 e. The number of benzene rings is 1. The van der Waals surface area contributed by atoms with Crippen LogP contribution in [0.2, 0.25) is 0 Å². The zero-order chi connectivity index (χ0) is 13.3. The number of aliphatic hydroxyl groups is 1. The van der Waals surface area contributed by atoms with Crippen molar-refractivity contribution >= 4 is 10.9 Å². The number of rotatable bonds is 3. The molecule has 2 aromatic rings. The van der Waals surface area contributed by atoms with Crippen molar-refractivity contribution in [1.82, 2.24) is 4.98 Å². The summed E-state index contributed by atoms with van der Waals surface area (Å²) in [6.45, 7) is 1.60. The highest BCUT2D eigenvalue weighted by Crippen LogP contribution is 2.36. The molecule has 2 N–H and O–H groups in total. The summed E-state index contributed by atoms with van der Waals surface area (Å²) in [5.74, 6) is 0. The van der Waals surface area contributed by atoms with Gasteiger partial charge in [-0.3, -0.25) is 0 Å². The number of aromatic amines is 1. The Bertz CT molecular complexity index is 557. The maximum atomic E-state index is 12.9. The minimum absolute atomic E-state index is 0.00199. The second-order valence-electron chi connectivity index (χ2n) is 4.14. The fourth-order valence-corrected chi connectivity index (χ4v) is 2.24. The Morgan fingerprint density at radius 1 is 1.28 bits per heavy atom. The lowest BCUT2D eigenvalue weighted by molar-refractivity contribution is -0.141. The second-order valence-corrected chi connectivity index (χ2v) is 4.14. The molecule has 0 saturated heterocycles. The van der Waals surface area contributed by atoms with Crippen LogP contribution in [-0.4, -0.2) is 16.7 Å². The van der Waals surface area contributed by atoms with Crippen LogP contribution in [0.5, 0.6) is 0 Å². The lowest BCUT2D eigenvalue weighted by Crippen LogP contribution is -2.09. The molecule has 0 saturated carbocycles. The van der Waals surface area contributed by atoms with Gasteiger partial charge in [0, 0.05) is 17.5 Å². The minimum Gasteiger partial charge on any atom is -0.396 e. The van der Waals surface area contributed by atoms with E-state index in [-0.39, 0.29) is 18.6 Å². The molecule has 0 spiro atoms. The molecule has 18 heavy (non-hydrogen) atoms. The highest BCUT2D eigenvalue weighted by atomic mass is 19.4. The average molecular weight is 257 g/mol. The maximum Gasteiger partial charge on any atom is 0.431 e. The lowest BCUT2D eigenvalue weighted by Gasteiger charge is -2.06. The number of aryl methyl sites for hydroxylation is 1. The number of H-pyrrole nitrogens is 1. The van der Waals surface area contributed by atoms with E-state index in [0.717, 1.165) is 5.56 Å². The molecule has 5 heteroatoms. The first kappa shape index (κ1) is 13.0. The molecule has 0 aliphatic heterocycles. The van der Waals surface area contributed by atoms with E-state index >= 15 is 0 Å². The number of para-hydroxylation sites is 1. The highest BCUT2D eigenvalue weighted by Gasteiger charge is 2.36. The number of aromatic nitrogens is 1. The Balaban J connectivity index is 2.74. The fraction of sp³-hybridized carbons (Fsp3) is 0.385. The predicted octanol–water partition coefficient (Wildman–Crippen LogP) is 3.28. The van der Waals surface area contributed by atoms with Gasteiger partial charge in [-0.25, -0.2) is 0 Å². The van der Waals surface area contributed by atoms with Crippen LogP contribution in [-0.2, 0) is 19.0 Å². The third-order valence-electron chi connectivity index (χ3n) is 3.05. The second kappa shape index (κ2) is 4.65. The van der Waals surface area contributed by atoms with Crippen molar-refractivity contribution in [3.05, 3.63) is 35.0 Å². The number of alkyl halides is 3. The molecule has 0 amide bonds. The van der Waals surface area contributed by atoms with E-state index in [0.29, 0.717) is 17.3 Å². The van der Waals surface area contributed by atoms with Gasteiger partial charge in [-0.05, 0) is 24.0 Å². The summed E-state index contributed by atoms with van der Waals surface area (Å²) in [6, 6.07) is 5.21. The van der Waals surface area contributed by atoms with Gasteiger partial charge in [0.2, 0.25) is 0 Å². The van der Waals surface area contributed by atoms with Crippen LogP contribution in [0.15, 0.2) is 18.2 Å². The van der Waals surface area contributed by atoms with Crippen molar-refractivity contribution in [1.29, 1.82) is 0 Å². The first-order chi connectivity index (χ1) is 8.49. The van der Waals surface area contributed by atoms with Crippen LogP contribution in [0.25, 0.3) is 10.9 Å². The Morgan fingerprint density at radius 3 is 2.56 bits per heavy atom. The third-order valence-corrected chi connectivity index (χ3v) is 3.05. The van der Waals surface area contributed by atoms with Crippen molar-refractivity contribution in [3.8, 4) is 0 Å². The Labute approximate surface area is 102 Å². The van der Waals surface area contributed by atoms with Gasteiger partial charge >= 0.3 is 6.18 Å². The van der Waals surface area contributed by atoms with Crippen molar-refractivity contribution in [3.63, 3.8) is 0 Å². The first-order valence-electron chi connectivity index (χ1n) is 5.79. The van der Waals surface area contributed by atoms with E-state index in [4.69, 9.17) is 5.11 Å². The molecule has 1 heterocycles. The van der Waals surface area contributed by atoms with Gasteiger partial charge in [-0.1, -0.05) is 25.1 Å². The molecule has 1 aromatic carbocycles. The number of nitrogens with one attached hydrogen (secondary N) is 1. The molecule has 0 unspecified atom stereocenters. The monoisotopic (exact) mass is 257 g/mol. The summed E-state index contributed by atoms with van der Waals surface area (Å²) in [7, 11) is 0. The number of halogens is 3. The normalized spacial score (nSPS) is 12.3. The zero-order valence-electron chi connectivity index (χ0n) is 9.93. The minimum atomic E-state index is -4.42. The topological polar surface area (TPSA) is 36.0 Å². The number of hydrogen-bond donors (Lipinski definition) is 2. The third kappa shape index (κ3) is 2.10. The molecule has 2 nitrogen and oxygen atoms in total. The van der Waals surface area contributed by atoms with Gasteiger partial charge in [0.05, 0.1) is 0 Å². The number of hydrogen-bond acceptors (Lipinski definition) is 1. The van der Waals surface area contributed by atoms with Gasteiger partial charge in [0.15, 0.2) is 0 Å². The van der Waals surface area contributed by atoms with Crippen LogP contribution in [0.3, 0.4) is 0 Å². The number of fused-ring (bicyclic) bond motifs is 1. The summed E-state index contributed by atoms with van der Waals surface area (Å²) < 4.78 is 38.8. The van der Waals surface area contributed by atoms with Crippen LogP contribution in [0, 0.1) is 0 Å². The van der Waals surface area contributed by atoms with Crippen molar-refractivity contribution < 1.29 is 18.3 Å². The molecule has 1 aromatic heterocycles. The van der Waals surface area contributed by atoms with Crippen LogP contribution in [0.1, 0.15) is 23.7 Å². The van der Waals surface area contributed by atoms with Crippen molar-refractivity contribution in [2.45, 2.75) is 25.9 Å². The quantitative estimate of drug-likeness (QED) is 0.869. The average Bonchev–Trinajstić information content (AvgIpc) is 2.68. The molecular weight excluding hydrogens is 243 g/mol. The Hall–Kier alpha value is -1.49. The molecule has 0 bridgehead atoms.